The fourth-order valence-electron chi connectivity index (χ4n) is 2.87. The van der Waals surface area contributed by atoms with Gasteiger partial charge in [0.2, 0.25) is 0 Å². The van der Waals surface area contributed by atoms with E-state index in [9.17, 15) is 0 Å². The molecule has 18 heavy (non-hydrogen) atoms. The zero-order valence-electron chi connectivity index (χ0n) is 13.2. The zero-order valence-corrected chi connectivity index (χ0v) is 13.2. The summed E-state index contributed by atoms with van der Waals surface area (Å²) in [4.78, 5) is 0. The van der Waals surface area contributed by atoms with Crippen LogP contribution in [0, 0.1) is 5.92 Å². The van der Waals surface area contributed by atoms with E-state index in [1.807, 2.05) is 0 Å². The third kappa shape index (κ3) is 4.87. The first-order valence-electron chi connectivity index (χ1n) is 7.48. The molecule has 2 unspecified atom stereocenters. The fourth-order valence-corrected chi connectivity index (χ4v) is 2.87. The topological polar surface area (TPSA) is 30.5 Å². The Hall–Kier alpha value is -0.120. The maximum absolute atomic E-state index is 6.14. The molecule has 0 bridgehead atoms. The average Bonchev–Trinajstić information content (AvgIpc) is 2.40. The summed E-state index contributed by atoms with van der Waals surface area (Å²) in [6, 6.07) is 0.396. The molecule has 0 aromatic rings. The van der Waals surface area contributed by atoms with Gasteiger partial charge in [-0.25, -0.2) is 0 Å². The van der Waals surface area contributed by atoms with Crippen molar-refractivity contribution < 1.29 is 9.47 Å². The van der Waals surface area contributed by atoms with E-state index in [0.29, 0.717) is 12.0 Å². The van der Waals surface area contributed by atoms with E-state index in [1.54, 1.807) is 7.11 Å². The standard InChI is InChI=1S/C15H33NO2/c1-7-15(8-2,18-10-4)14(16-9-3)13(5)11-12-17-6/h13-14,16H,7-12H2,1-6H3. The van der Waals surface area contributed by atoms with Crippen LogP contribution in [0.25, 0.3) is 0 Å². The molecule has 2 atom stereocenters. The van der Waals surface area contributed by atoms with Crippen molar-refractivity contribution in [3.05, 3.63) is 0 Å². The van der Waals surface area contributed by atoms with Gasteiger partial charge in [-0.2, -0.15) is 0 Å². The van der Waals surface area contributed by atoms with Gasteiger partial charge in [-0.15, -0.1) is 0 Å². The van der Waals surface area contributed by atoms with Crippen LogP contribution in [0.1, 0.15) is 53.9 Å². The highest BCUT2D eigenvalue weighted by molar-refractivity contribution is 4.94. The van der Waals surface area contributed by atoms with Gasteiger partial charge in [0.1, 0.15) is 0 Å². The lowest BCUT2D eigenvalue weighted by Crippen LogP contribution is -2.55. The molecule has 0 spiro atoms. The Labute approximate surface area is 114 Å². The second-order valence-corrected chi connectivity index (χ2v) is 5.00. The largest absolute Gasteiger partial charge is 0.385 e. The fraction of sp³-hybridized carbons (Fsp3) is 1.00. The Kier molecular flexibility index (Phi) is 9.70. The monoisotopic (exact) mass is 259 g/mol. The van der Waals surface area contributed by atoms with Gasteiger partial charge >= 0.3 is 0 Å². The molecule has 3 nitrogen and oxygen atoms in total. The Bertz CT molecular complexity index is 193. The molecule has 0 aromatic carbocycles. The smallest absolute Gasteiger partial charge is 0.0831 e. The second-order valence-electron chi connectivity index (χ2n) is 5.00. The zero-order chi connectivity index (χ0) is 14.0. The Morgan fingerprint density at radius 3 is 2.11 bits per heavy atom. The molecule has 0 aromatic heterocycles. The van der Waals surface area contributed by atoms with Crippen LogP contribution >= 0.6 is 0 Å². The molecule has 0 rings (SSSR count). The number of rotatable bonds is 11. The minimum absolute atomic E-state index is 0.0437. The maximum atomic E-state index is 6.14. The molecule has 0 amide bonds. The molecule has 0 aliphatic carbocycles. The van der Waals surface area contributed by atoms with Crippen molar-refractivity contribution >= 4 is 0 Å². The molecule has 0 fully saturated rings. The second kappa shape index (κ2) is 9.76. The van der Waals surface area contributed by atoms with E-state index >= 15 is 0 Å². The maximum Gasteiger partial charge on any atom is 0.0831 e. The van der Waals surface area contributed by atoms with Crippen molar-refractivity contribution in [2.24, 2.45) is 5.92 Å². The van der Waals surface area contributed by atoms with Crippen molar-refractivity contribution in [2.75, 3.05) is 26.9 Å². The Balaban J connectivity index is 4.88. The summed E-state index contributed by atoms with van der Waals surface area (Å²) in [5, 5.41) is 3.64. The molecule has 0 aliphatic heterocycles. The SMILES string of the molecule is CCNC(C(C)CCOC)C(CC)(CC)OCC. The van der Waals surface area contributed by atoms with Crippen LogP contribution in [-0.2, 0) is 9.47 Å². The van der Waals surface area contributed by atoms with Crippen molar-refractivity contribution in [1.82, 2.24) is 5.32 Å². The first-order chi connectivity index (χ1) is 8.61. The van der Waals surface area contributed by atoms with Crippen molar-refractivity contribution in [3.8, 4) is 0 Å². The van der Waals surface area contributed by atoms with Crippen molar-refractivity contribution in [1.29, 1.82) is 0 Å². The van der Waals surface area contributed by atoms with Gasteiger partial charge in [0, 0.05) is 26.4 Å². The van der Waals surface area contributed by atoms with Gasteiger partial charge in [-0.05, 0) is 38.6 Å². The van der Waals surface area contributed by atoms with E-state index in [1.165, 1.54) is 0 Å². The van der Waals surface area contributed by atoms with Gasteiger partial charge in [0.05, 0.1) is 5.60 Å². The Morgan fingerprint density at radius 1 is 1.11 bits per heavy atom. The molecule has 110 valence electrons. The highest BCUT2D eigenvalue weighted by Crippen LogP contribution is 2.30. The molecular weight excluding hydrogens is 226 g/mol. The van der Waals surface area contributed by atoms with E-state index in [4.69, 9.17) is 9.47 Å². The van der Waals surface area contributed by atoms with Crippen LogP contribution in [0.15, 0.2) is 0 Å². The molecule has 3 heteroatoms. The van der Waals surface area contributed by atoms with Gasteiger partial charge in [-0.1, -0.05) is 27.7 Å². The first kappa shape index (κ1) is 17.9. The van der Waals surface area contributed by atoms with Gasteiger partial charge in [0.15, 0.2) is 0 Å². The number of methoxy groups -OCH3 is 1. The van der Waals surface area contributed by atoms with Crippen LogP contribution in [0.2, 0.25) is 0 Å². The minimum atomic E-state index is -0.0437. The van der Waals surface area contributed by atoms with Crippen molar-refractivity contribution in [3.63, 3.8) is 0 Å². The highest BCUT2D eigenvalue weighted by Gasteiger charge is 2.38. The third-order valence-corrected chi connectivity index (χ3v) is 3.97. The lowest BCUT2D eigenvalue weighted by molar-refractivity contribution is -0.0854. The summed E-state index contributed by atoms with van der Waals surface area (Å²) in [7, 11) is 1.77. The predicted octanol–water partition coefficient (Wildman–Crippen LogP) is 3.23. The molecule has 0 radical (unpaired) electrons. The van der Waals surface area contributed by atoms with E-state index in [2.05, 4.69) is 39.9 Å². The summed E-state index contributed by atoms with van der Waals surface area (Å²) < 4.78 is 11.4. The van der Waals surface area contributed by atoms with E-state index in [-0.39, 0.29) is 5.60 Å². The first-order valence-corrected chi connectivity index (χ1v) is 7.48. The van der Waals surface area contributed by atoms with E-state index < -0.39 is 0 Å². The minimum Gasteiger partial charge on any atom is -0.385 e. The summed E-state index contributed by atoms with van der Waals surface area (Å²) in [5.74, 6) is 0.552. The molecule has 0 saturated carbocycles. The Morgan fingerprint density at radius 2 is 1.72 bits per heavy atom. The van der Waals surface area contributed by atoms with Crippen LogP contribution in [0.4, 0.5) is 0 Å². The molecule has 0 heterocycles. The number of nitrogens with one attached hydrogen (secondary N) is 1. The van der Waals surface area contributed by atoms with E-state index in [0.717, 1.165) is 39.0 Å². The summed E-state index contributed by atoms with van der Waals surface area (Å²) in [6.45, 7) is 13.6. The molecule has 0 aliphatic rings. The van der Waals surface area contributed by atoms with Crippen LogP contribution in [-0.4, -0.2) is 38.5 Å². The van der Waals surface area contributed by atoms with Gasteiger partial charge < -0.3 is 14.8 Å². The lowest BCUT2D eigenvalue weighted by Gasteiger charge is -2.43. The van der Waals surface area contributed by atoms with Crippen LogP contribution < -0.4 is 5.32 Å². The van der Waals surface area contributed by atoms with Crippen LogP contribution in [0.5, 0.6) is 0 Å². The third-order valence-electron chi connectivity index (χ3n) is 3.97. The molecule has 1 N–H and O–H groups in total. The van der Waals surface area contributed by atoms with Gasteiger partial charge in [0.25, 0.3) is 0 Å². The number of likely N-dealkylation sites (N-methyl/N-ethyl adjacent to an activating group) is 1. The lowest BCUT2D eigenvalue weighted by atomic mass is 9.79. The molecular formula is C15H33NO2. The normalized spacial score (nSPS) is 15.7. The quantitative estimate of drug-likeness (QED) is 0.618. The van der Waals surface area contributed by atoms with Gasteiger partial charge in [-0.3, -0.25) is 0 Å². The number of hydrogen-bond acceptors (Lipinski definition) is 3. The summed E-state index contributed by atoms with van der Waals surface area (Å²) >= 11 is 0. The molecule has 0 saturated heterocycles. The number of hydrogen-bond donors (Lipinski definition) is 1. The summed E-state index contributed by atoms with van der Waals surface area (Å²) in [5.41, 5.74) is -0.0437. The average molecular weight is 259 g/mol. The highest BCUT2D eigenvalue weighted by atomic mass is 16.5. The summed E-state index contributed by atoms with van der Waals surface area (Å²) in [6.07, 6.45) is 3.17. The van der Waals surface area contributed by atoms with Crippen molar-refractivity contribution in [2.45, 2.75) is 65.5 Å². The van der Waals surface area contributed by atoms with Crippen LogP contribution in [0.3, 0.4) is 0 Å². The number of ether oxygens (including phenoxy) is 2. The predicted molar refractivity (Wildman–Crippen MR) is 78.1 cm³/mol.